The van der Waals surface area contributed by atoms with Crippen molar-refractivity contribution in [1.82, 2.24) is 0 Å². The minimum atomic E-state index is -5.68. The largest absolute Gasteiger partial charge is 0.422 e. The van der Waals surface area contributed by atoms with Gasteiger partial charge in [0.05, 0.1) is 11.1 Å². The van der Waals surface area contributed by atoms with Crippen LogP contribution < -0.4 is 0 Å². The van der Waals surface area contributed by atoms with Crippen LogP contribution in [0, 0.1) is 46.5 Å². The topological polar surface area (TPSA) is 0 Å². The van der Waals surface area contributed by atoms with Crippen LogP contribution in [0.5, 0.6) is 0 Å². The molecule has 0 spiro atoms. The number of alkyl halides is 6. The van der Waals surface area contributed by atoms with Gasteiger partial charge in [0.1, 0.15) is 11.1 Å². The maximum atomic E-state index is 14.5. The Morgan fingerprint density at radius 2 is 0.479 bits per heavy atom. The monoisotopic (exact) mass is 762 g/mol. The number of thiophene rings is 4. The lowest BCUT2D eigenvalue weighted by atomic mass is 10.1. The van der Waals surface area contributed by atoms with Crippen molar-refractivity contribution in [2.24, 2.45) is 0 Å². The Bertz CT molecular complexity index is 2000. The molecule has 6 rings (SSSR count). The third-order valence-electron chi connectivity index (χ3n) is 6.74. The molecule has 0 N–H and O–H groups in total. The van der Waals surface area contributed by atoms with Crippen molar-refractivity contribution in [2.45, 2.75) is 12.4 Å². The highest BCUT2D eigenvalue weighted by Gasteiger charge is 2.44. The fourth-order valence-electron chi connectivity index (χ4n) is 4.61. The highest BCUT2D eigenvalue weighted by Crippen LogP contribution is 2.48. The van der Waals surface area contributed by atoms with E-state index in [1.165, 1.54) is 12.1 Å². The Labute approximate surface area is 274 Å². The van der Waals surface area contributed by atoms with Crippen molar-refractivity contribution in [3.63, 3.8) is 0 Å². The van der Waals surface area contributed by atoms with E-state index in [2.05, 4.69) is 0 Å². The molecule has 0 aliphatic rings. The molecule has 6 aromatic rings. The summed E-state index contributed by atoms with van der Waals surface area (Å²) in [6.07, 6.45) is -11.4. The normalized spacial score (nSPS) is 12.4. The summed E-state index contributed by atoms with van der Waals surface area (Å²) in [5.74, 6) is -19.1. The number of benzene rings is 2. The van der Waals surface area contributed by atoms with Gasteiger partial charge in [0.15, 0.2) is 46.5 Å². The van der Waals surface area contributed by atoms with Gasteiger partial charge >= 0.3 is 12.4 Å². The van der Waals surface area contributed by atoms with E-state index in [0.29, 0.717) is 51.9 Å². The summed E-state index contributed by atoms with van der Waals surface area (Å²) >= 11 is 3.63. The second-order valence-corrected chi connectivity index (χ2v) is 14.0. The van der Waals surface area contributed by atoms with Crippen molar-refractivity contribution in [2.75, 3.05) is 0 Å². The lowest BCUT2D eigenvalue weighted by Crippen LogP contribution is -2.15. The van der Waals surface area contributed by atoms with E-state index in [4.69, 9.17) is 0 Å². The molecule has 0 atom stereocenters. The first-order chi connectivity index (χ1) is 22.4. The van der Waals surface area contributed by atoms with Crippen molar-refractivity contribution >= 4 is 45.3 Å². The summed E-state index contributed by atoms with van der Waals surface area (Å²) in [5, 5.41) is 0. The van der Waals surface area contributed by atoms with Crippen molar-refractivity contribution in [3.8, 4) is 50.1 Å². The van der Waals surface area contributed by atoms with Gasteiger partial charge in [-0.3, -0.25) is 0 Å². The predicted octanol–water partition coefficient (Wildman–Crippen LogP) is 13.4. The SMILES string of the molecule is Fc1c(F)c(C(F)(F)F)c(F)c(F)c1-c1ccc(-c2ccc(-c3ccc(-c4ccc(-c5c(F)c(F)c(C(F)(F)F)c(F)c5F)s4)s3)s2)s1. The van der Waals surface area contributed by atoms with Crippen molar-refractivity contribution < 1.29 is 61.5 Å². The van der Waals surface area contributed by atoms with E-state index in [-0.39, 0.29) is 9.75 Å². The summed E-state index contributed by atoms with van der Waals surface area (Å²) in [4.78, 5) is 2.19. The van der Waals surface area contributed by atoms with Crippen molar-refractivity contribution in [3.05, 3.63) is 106 Å². The molecule has 0 aliphatic heterocycles. The summed E-state index contributed by atoms with van der Waals surface area (Å²) in [6.45, 7) is 0. The molecule has 0 saturated carbocycles. The van der Waals surface area contributed by atoms with E-state index in [0.717, 1.165) is 34.8 Å². The first-order valence-electron chi connectivity index (χ1n) is 12.7. The van der Waals surface area contributed by atoms with Crippen LogP contribution >= 0.6 is 45.3 Å². The molecule has 48 heavy (non-hydrogen) atoms. The molecular formula is C30H8F14S4. The van der Waals surface area contributed by atoms with E-state index in [9.17, 15) is 61.5 Å². The van der Waals surface area contributed by atoms with Gasteiger partial charge in [0, 0.05) is 39.0 Å². The molecule has 0 amide bonds. The predicted molar refractivity (Wildman–Crippen MR) is 155 cm³/mol. The van der Waals surface area contributed by atoms with Crippen LogP contribution in [0.25, 0.3) is 50.1 Å². The first kappa shape index (κ1) is 34.1. The van der Waals surface area contributed by atoms with E-state index in [1.807, 2.05) is 0 Å². The Balaban J connectivity index is 1.28. The van der Waals surface area contributed by atoms with Crippen LogP contribution in [0.2, 0.25) is 0 Å². The fourth-order valence-corrected chi connectivity index (χ4v) is 8.97. The van der Waals surface area contributed by atoms with Gasteiger partial charge in [0.25, 0.3) is 0 Å². The van der Waals surface area contributed by atoms with Gasteiger partial charge in [-0.25, -0.2) is 35.1 Å². The third kappa shape index (κ3) is 5.71. The maximum Gasteiger partial charge on any atom is 0.422 e. The molecule has 0 aliphatic carbocycles. The summed E-state index contributed by atoms with van der Waals surface area (Å²) in [5.41, 5.74) is -7.97. The molecule has 0 radical (unpaired) electrons. The molecule has 0 fully saturated rings. The van der Waals surface area contributed by atoms with Gasteiger partial charge in [-0.2, -0.15) is 26.3 Å². The minimum Gasteiger partial charge on any atom is -0.203 e. The van der Waals surface area contributed by atoms with Gasteiger partial charge in [-0.05, 0) is 48.5 Å². The standard InChI is InChI=1S/C30H8F14S4/c31-21-17(22(32)26(36)19(25(21)35)29(39,40)41)15-7-5-13(47-15)11-3-1-9(45-11)10-2-4-12(46-10)14-6-8-16(48-14)18-23(33)27(37)20(30(42,43)44)28(38)24(18)34/h1-8H. The average Bonchev–Trinajstić information content (AvgIpc) is 3.80. The molecule has 250 valence electrons. The van der Waals surface area contributed by atoms with Crippen LogP contribution in [0.1, 0.15) is 11.1 Å². The second kappa shape index (κ2) is 12.0. The lowest BCUT2D eigenvalue weighted by molar-refractivity contribution is -0.144. The summed E-state index contributed by atoms with van der Waals surface area (Å²) < 4.78 is 192. The van der Waals surface area contributed by atoms with Gasteiger partial charge in [-0.15, -0.1) is 45.3 Å². The molecule has 2 aromatic carbocycles. The number of hydrogen-bond donors (Lipinski definition) is 0. The molecule has 4 heterocycles. The third-order valence-corrected chi connectivity index (χ3v) is 11.7. The molecular weight excluding hydrogens is 755 g/mol. The van der Waals surface area contributed by atoms with Gasteiger partial charge < -0.3 is 0 Å². The first-order valence-corrected chi connectivity index (χ1v) is 15.9. The van der Waals surface area contributed by atoms with E-state index >= 15 is 0 Å². The van der Waals surface area contributed by atoms with Gasteiger partial charge in [0.2, 0.25) is 0 Å². The van der Waals surface area contributed by atoms with Crippen LogP contribution in [0.4, 0.5) is 61.5 Å². The molecule has 0 nitrogen and oxygen atoms in total. The maximum absolute atomic E-state index is 14.5. The van der Waals surface area contributed by atoms with Crippen LogP contribution in [0.15, 0.2) is 48.5 Å². The second-order valence-electron chi connectivity index (χ2n) is 9.66. The van der Waals surface area contributed by atoms with Crippen LogP contribution in [-0.2, 0) is 12.4 Å². The summed E-state index contributed by atoms with van der Waals surface area (Å²) in [7, 11) is 0. The Morgan fingerprint density at radius 3 is 0.688 bits per heavy atom. The molecule has 0 unspecified atom stereocenters. The zero-order valence-corrected chi connectivity index (χ0v) is 25.8. The molecule has 18 heteroatoms. The lowest BCUT2D eigenvalue weighted by Gasteiger charge is -2.13. The molecule has 4 aromatic heterocycles. The Morgan fingerprint density at radius 1 is 0.292 bits per heavy atom. The van der Waals surface area contributed by atoms with Crippen molar-refractivity contribution in [1.29, 1.82) is 0 Å². The highest BCUT2D eigenvalue weighted by molar-refractivity contribution is 7.29. The Kier molecular flexibility index (Phi) is 8.53. The highest BCUT2D eigenvalue weighted by atomic mass is 32.1. The zero-order valence-electron chi connectivity index (χ0n) is 22.5. The smallest absolute Gasteiger partial charge is 0.203 e. The molecule has 0 bridgehead atoms. The fraction of sp³-hybridized carbons (Fsp3) is 0.0667. The van der Waals surface area contributed by atoms with Crippen LogP contribution in [-0.4, -0.2) is 0 Å². The number of halogens is 14. The number of hydrogen-bond acceptors (Lipinski definition) is 4. The van der Waals surface area contributed by atoms with E-state index in [1.54, 1.807) is 24.3 Å². The molecule has 0 saturated heterocycles. The zero-order chi connectivity index (χ0) is 35.0. The van der Waals surface area contributed by atoms with Gasteiger partial charge in [-0.1, -0.05) is 0 Å². The summed E-state index contributed by atoms with van der Waals surface area (Å²) in [6, 6.07) is 11.4. The quantitative estimate of drug-likeness (QED) is 0.121. The number of rotatable bonds is 5. The minimum absolute atomic E-state index is 0.348. The van der Waals surface area contributed by atoms with Crippen LogP contribution in [0.3, 0.4) is 0 Å². The Hall–Kier alpha value is -3.74. The van der Waals surface area contributed by atoms with E-state index < -0.39 is 81.1 Å². The average molecular weight is 763 g/mol.